The van der Waals surface area contributed by atoms with E-state index in [0.717, 1.165) is 30.3 Å². The van der Waals surface area contributed by atoms with Gasteiger partial charge in [0.05, 0.1) is 6.61 Å². The van der Waals surface area contributed by atoms with Crippen LogP contribution in [0, 0.1) is 5.92 Å². The number of hydrogen-bond acceptors (Lipinski definition) is 1. The highest BCUT2D eigenvalue weighted by atomic mass is 16.5. The Bertz CT molecular complexity index is 269. The molecule has 0 aromatic heterocycles. The first-order valence-electron chi connectivity index (χ1n) is 6.39. The molecule has 0 saturated heterocycles. The molecule has 90 valence electrons. The lowest BCUT2D eigenvalue weighted by Gasteiger charge is -2.25. The molecule has 0 bridgehead atoms. The van der Waals surface area contributed by atoms with Gasteiger partial charge in [0.25, 0.3) is 0 Å². The van der Waals surface area contributed by atoms with E-state index in [1.807, 2.05) is 0 Å². The Morgan fingerprint density at radius 2 is 2.19 bits per heavy atom. The van der Waals surface area contributed by atoms with Crippen molar-refractivity contribution in [1.29, 1.82) is 0 Å². The zero-order valence-electron chi connectivity index (χ0n) is 10.7. The highest BCUT2D eigenvalue weighted by Gasteiger charge is 2.17. The van der Waals surface area contributed by atoms with Crippen molar-refractivity contribution in [3.05, 3.63) is 36.1 Å². The Morgan fingerprint density at radius 1 is 1.44 bits per heavy atom. The molecule has 1 aliphatic carbocycles. The third kappa shape index (κ3) is 4.69. The second kappa shape index (κ2) is 7.32. The highest BCUT2D eigenvalue weighted by Crippen LogP contribution is 2.27. The van der Waals surface area contributed by atoms with Crippen molar-refractivity contribution in [2.24, 2.45) is 5.92 Å². The highest BCUT2D eigenvalue weighted by molar-refractivity contribution is 5.25. The van der Waals surface area contributed by atoms with Crippen molar-refractivity contribution in [1.82, 2.24) is 0 Å². The summed E-state index contributed by atoms with van der Waals surface area (Å²) in [7, 11) is 0. The molecular formula is C15H24O. The van der Waals surface area contributed by atoms with Crippen LogP contribution in [0.2, 0.25) is 0 Å². The average Bonchev–Trinajstić information content (AvgIpc) is 2.21. The normalized spacial score (nSPS) is 17.5. The van der Waals surface area contributed by atoms with Crippen LogP contribution in [0.25, 0.3) is 0 Å². The fraction of sp³-hybridized carbons (Fsp3) is 0.600. The molecule has 1 saturated carbocycles. The van der Waals surface area contributed by atoms with Gasteiger partial charge in [0.2, 0.25) is 0 Å². The molecule has 1 fully saturated rings. The average molecular weight is 220 g/mol. The van der Waals surface area contributed by atoms with Gasteiger partial charge in [-0.1, -0.05) is 44.6 Å². The Hall–Kier alpha value is -0.980. The van der Waals surface area contributed by atoms with Crippen molar-refractivity contribution in [3.63, 3.8) is 0 Å². The van der Waals surface area contributed by atoms with Crippen LogP contribution in [0.3, 0.4) is 0 Å². The largest absolute Gasteiger partial charge is 0.494 e. The third-order valence-corrected chi connectivity index (χ3v) is 3.10. The topological polar surface area (TPSA) is 9.23 Å². The summed E-state index contributed by atoms with van der Waals surface area (Å²) in [4.78, 5) is 0. The molecule has 1 nitrogen and oxygen atoms in total. The van der Waals surface area contributed by atoms with Crippen LogP contribution in [0.5, 0.6) is 0 Å². The summed E-state index contributed by atoms with van der Waals surface area (Å²) in [5.74, 6) is 1.60. The van der Waals surface area contributed by atoms with Gasteiger partial charge in [0, 0.05) is 0 Å². The van der Waals surface area contributed by atoms with E-state index in [-0.39, 0.29) is 0 Å². The molecule has 1 heteroatoms. The van der Waals surface area contributed by atoms with E-state index < -0.39 is 0 Å². The number of unbranched alkanes of at least 4 members (excludes halogenated alkanes) is 1. The Balaban J connectivity index is 2.22. The lowest BCUT2D eigenvalue weighted by atomic mass is 9.86. The van der Waals surface area contributed by atoms with Crippen LogP contribution >= 0.6 is 0 Å². The van der Waals surface area contributed by atoms with Gasteiger partial charge in [-0.25, -0.2) is 0 Å². The fourth-order valence-corrected chi connectivity index (χ4v) is 1.56. The van der Waals surface area contributed by atoms with E-state index in [1.165, 1.54) is 25.7 Å². The summed E-state index contributed by atoms with van der Waals surface area (Å²) in [5, 5.41) is 0. The molecule has 0 N–H and O–H groups in total. The van der Waals surface area contributed by atoms with Gasteiger partial charge in [-0.05, 0) is 37.7 Å². The quantitative estimate of drug-likeness (QED) is 0.449. The molecule has 0 unspecified atom stereocenters. The molecule has 0 spiro atoms. The zero-order chi connectivity index (χ0) is 11.8. The molecule has 1 rings (SSSR count). The predicted octanol–water partition coefficient (Wildman–Crippen LogP) is 4.62. The van der Waals surface area contributed by atoms with Crippen LogP contribution in [0.15, 0.2) is 36.1 Å². The minimum Gasteiger partial charge on any atom is -0.494 e. The van der Waals surface area contributed by atoms with Crippen LogP contribution in [-0.4, -0.2) is 6.61 Å². The molecule has 0 amide bonds. The SMILES string of the molecule is C=C(OCC1CCC1)/C(C)=C\C=C/CCC. The molecule has 1 aliphatic rings. The van der Waals surface area contributed by atoms with Crippen molar-refractivity contribution in [2.75, 3.05) is 6.61 Å². The van der Waals surface area contributed by atoms with Crippen molar-refractivity contribution >= 4 is 0 Å². The first-order chi connectivity index (χ1) is 7.74. The molecule has 0 aromatic carbocycles. The molecule has 0 heterocycles. The molecular weight excluding hydrogens is 196 g/mol. The maximum Gasteiger partial charge on any atom is 0.115 e. The summed E-state index contributed by atoms with van der Waals surface area (Å²) in [6.45, 7) is 9.05. The second-order valence-electron chi connectivity index (χ2n) is 4.60. The second-order valence-corrected chi connectivity index (χ2v) is 4.60. The third-order valence-electron chi connectivity index (χ3n) is 3.10. The van der Waals surface area contributed by atoms with Crippen molar-refractivity contribution in [2.45, 2.75) is 46.0 Å². The number of hydrogen-bond donors (Lipinski definition) is 0. The summed E-state index contributed by atoms with van der Waals surface area (Å²) < 4.78 is 5.67. The van der Waals surface area contributed by atoms with E-state index in [1.54, 1.807) is 0 Å². The van der Waals surface area contributed by atoms with Gasteiger partial charge >= 0.3 is 0 Å². The van der Waals surface area contributed by atoms with E-state index >= 15 is 0 Å². The summed E-state index contributed by atoms with van der Waals surface area (Å²) in [5.41, 5.74) is 1.13. The minimum absolute atomic E-state index is 0.778. The van der Waals surface area contributed by atoms with Gasteiger partial charge in [0.15, 0.2) is 0 Å². The zero-order valence-corrected chi connectivity index (χ0v) is 10.7. The van der Waals surface area contributed by atoms with Gasteiger partial charge in [0.1, 0.15) is 5.76 Å². The van der Waals surface area contributed by atoms with Gasteiger partial charge in [-0.2, -0.15) is 0 Å². The summed E-state index contributed by atoms with van der Waals surface area (Å²) >= 11 is 0. The monoisotopic (exact) mass is 220 g/mol. The summed E-state index contributed by atoms with van der Waals surface area (Å²) in [6, 6.07) is 0. The maximum atomic E-state index is 5.67. The molecule has 0 aromatic rings. The lowest BCUT2D eigenvalue weighted by Crippen LogP contribution is -2.17. The van der Waals surface area contributed by atoms with Crippen LogP contribution in [-0.2, 0) is 4.74 Å². The maximum absolute atomic E-state index is 5.67. The smallest absolute Gasteiger partial charge is 0.115 e. The van der Waals surface area contributed by atoms with Gasteiger partial charge < -0.3 is 4.74 Å². The van der Waals surface area contributed by atoms with Gasteiger partial charge in [-0.3, -0.25) is 0 Å². The van der Waals surface area contributed by atoms with Crippen LogP contribution in [0.1, 0.15) is 46.0 Å². The fourth-order valence-electron chi connectivity index (χ4n) is 1.56. The number of ether oxygens (including phenoxy) is 1. The van der Waals surface area contributed by atoms with Crippen molar-refractivity contribution < 1.29 is 4.74 Å². The van der Waals surface area contributed by atoms with Crippen LogP contribution in [0.4, 0.5) is 0 Å². The lowest BCUT2D eigenvalue weighted by molar-refractivity contribution is 0.127. The Morgan fingerprint density at radius 3 is 2.75 bits per heavy atom. The van der Waals surface area contributed by atoms with E-state index in [4.69, 9.17) is 4.74 Å². The van der Waals surface area contributed by atoms with E-state index in [0.29, 0.717) is 0 Å². The van der Waals surface area contributed by atoms with Crippen molar-refractivity contribution in [3.8, 4) is 0 Å². The predicted molar refractivity (Wildman–Crippen MR) is 70.2 cm³/mol. The summed E-state index contributed by atoms with van der Waals surface area (Å²) in [6.07, 6.45) is 12.7. The molecule has 0 radical (unpaired) electrons. The van der Waals surface area contributed by atoms with E-state index in [9.17, 15) is 0 Å². The number of allylic oxidation sites excluding steroid dienone is 4. The molecule has 16 heavy (non-hydrogen) atoms. The van der Waals surface area contributed by atoms with Gasteiger partial charge in [-0.15, -0.1) is 0 Å². The van der Waals surface area contributed by atoms with Crippen LogP contribution < -0.4 is 0 Å². The number of rotatable bonds is 7. The molecule has 0 atom stereocenters. The van der Waals surface area contributed by atoms with E-state index in [2.05, 4.69) is 38.7 Å². The minimum atomic E-state index is 0.778. The standard InChI is InChI=1S/C15H24O/c1-4-5-6-7-9-13(2)14(3)16-12-15-10-8-11-15/h6-7,9,15H,3-5,8,10-12H2,1-2H3/b7-6-,13-9-. The Kier molecular flexibility index (Phi) is 5.99. The first-order valence-corrected chi connectivity index (χ1v) is 6.39. The Labute approximate surface area is 99.9 Å². The molecule has 0 aliphatic heterocycles. The first kappa shape index (κ1) is 13.1.